The number of hydrogen-bond donors (Lipinski definition) is 1. The van der Waals surface area contributed by atoms with Gasteiger partial charge in [0.15, 0.2) is 0 Å². The van der Waals surface area contributed by atoms with Gasteiger partial charge in [-0.3, -0.25) is 0 Å². The van der Waals surface area contributed by atoms with E-state index >= 15 is 0 Å². The van der Waals surface area contributed by atoms with E-state index in [1.165, 1.54) is 18.6 Å². The fourth-order valence-electron chi connectivity index (χ4n) is 1.64. The fraction of sp³-hybridized carbons (Fsp3) is 0.600. The molecule has 0 fully saturated rings. The molecular weight excluding hydrogens is 229 g/mol. The number of rotatable bonds is 9. The van der Waals surface area contributed by atoms with Crippen LogP contribution in [-0.4, -0.2) is 19.7 Å². The van der Waals surface area contributed by atoms with Crippen molar-refractivity contribution in [3.63, 3.8) is 0 Å². The van der Waals surface area contributed by atoms with E-state index in [1.54, 1.807) is 12.1 Å². The van der Waals surface area contributed by atoms with Crippen molar-refractivity contribution in [2.75, 3.05) is 19.7 Å². The Hall–Kier alpha value is -1.09. The monoisotopic (exact) mass is 253 g/mol. The highest BCUT2D eigenvalue weighted by Gasteiger charge is 1.96. The predicted octanol–water partition coefficient (Wildman–Crippen LogP) is 3.62. The van der Waals surface area contributed by atoms with Gasteiger partial charge in [-0.1, -0.05) is 13.8 Å². The van der Waals surface area contributed by atoms with E-state index in [0.29, 0.717) is 12.5 Å². The molecule has 2 nitrogen and oxygen atoms in total. The molecule has 0 aliphatic carbocycles. The molecule has 0 bridgehead atoms. The second kappa shape index (κ2) is 8.92. The van der Waals surface area contributed by atoms with Crippen molar-refractivity contribution in [2.45, 2.75) is 33.1 Å². The van der Waals surface area contributed by atoms with Crippen LogP contribution in [0.1, 0.15) is 33.1 Å². The minimum atomic E-state index is -0.224. The molecule has 1 aromatic rings. The van der Waals surface area contributed by atoms with Gasteiger partial charge in [-0.25, -0.2) is 4.39 Å². The average molecular weight is 253 g/mol. The van der Waals surface area contributed by atoms with Gasteiger partial charge in [0.25, 0.3) is 0 Å². The summed E-state index contributed by atoms with van der Waals surface area (Å²) in [6.07, 6.45) is 3.38. The molecule has 102 valence electrons. The first-order valence-corrected chi connectivity index (χ1v) is 6.77. The third-order valence-electron chi connectivity index (χ3n) is 2.63. The summed E-state index contributed by atoms with van der Waals surface area (Å²) < 4.78 is 18.2. The minimum absolute atomic E-state index is 0.224. The molecule has 0 spiro atoms. The van der Waals surface area contributed by atoms with Crippen LogP contribution in [0.25, 0.3) is 0 Å². The third-order valence-corrected chi connectivity index (χ3v) is 2.63. The second-order valence-corrected chi connectivity index (χ2v) is 4.96. The number of hydrogen-bond acceptors (Lipinski definition) is 2. The van der Waals surface area contributed by atoms with E-state index in [9.17, 15) is 4.39 Å². The molecule has 0 aliphatic heterocycles. The molecule has 0 saturated carbocycles. The number of benzene rings is 1. The van der Waals surface area contributed by atoms with Crippen LogP contribution in [0.3, 0.4) is 0 Å². The summed E-state index contributed by atoms with van der Waals surface area (Å²) in [5.41, 5.74) is 0. The van der Waals surface area contributed by atoms with Gasteiger partial charge in [0.1, 0.15) is 11.6 Å². The Bertz CT molecular complexity index is 311. The molecule has 0 aromatic heterocycles. The Balaban J connectivity index is 1.94. The second-order valence-electron chi connectivity index (χ2n) is 4.96. The molecular formula is C15H24FNO. The Kier molecular flexibility index (Phi) is 7.42. The van der Waals surface area contributed by atoms with Gasteiger partial charge in [0.2, 0.25) is 0 Å². The van der Waals surface area contributed by atoms with E-state index in [0.717, 1.165) is 31.7 Å². The van der Waals surface area contributed by atoms with E-state index in [1.807, 2.05) is 0 Å². The van der Waals surface area contributed by atoms with Gasteiger partial charge in [0, 0.05) is 0 Å². The van der Waals surface area contributed by atoms with Crippen molar-refractivity contribution >= 4 is 0 Å². The van der Waals surface area contributed by atoms with Crippen LogP contribution in [0.4, 0.5) is 4.39 Å². The molecule has 0 saturated heterocycles. The first kappa shape index (κ1) is 15.0. The molecule has 18 heavy (non-hydrogen) atoms. The maximum Gasteiger partial charge on any atom is 0.123 e. The van der Waals surface area contributed by atoms with Crippen molar-refractivity contribution < 1.29 is 9.13 Å². The summed E-state index contributed by atoms with van der Waals surface area (Å²) in [5.74, 6) is 1.24. The van der Waals surface area contributed by atoms with Crippen LogP contribution >= 0.6 is 0 Å². The fourth-order valence-corrected chi connectivity index (χ4v) is 1.64. The van der Waals surface area contributed by atoms with Gasteiger partial charge < -0.3 is 10.1 Å². The van der Waals surface area contributed by atoms with E-state index < -0.39 is 0 Å². The van der Waals surface area contributed by atoms with Crippen LogP contribution in [0, 0.1) is 11.7 Å². The Labute approximate surface area is 110 Å². The molecule has 0 amide bonds. The third kappa shape index (κ3) is 7.28. The van der Waals surface area contributed by atoms with Gasteiger partial charge in [0.05, 0.1) is 6.61 Å². The number of ether oxygens (including phenoxy) is 1. The Morgan fingerprint density at radius 1 is 1.11 bits per heavy atom. The summed E-state index contributed by atoms with van der Waals surface area (Å²) in [7, 11) is 0. The lowest BCUT2D eigenvalue weighted by molar-refractivity contribution is 0.304. The zero-order valence-corrected chi connectivity index (χ0v) is 11.4. The Morgan fingerprint density at radius 3 is 2.50 bits per heavy atom. The van der Waals surface area contributed by atoms with Gasteiger partial charge in [-0.2, -0.15) is 0 Å². The number of nitrogens with one attached hydrogen (secondary N) is 1. The van der Waals surface area contributed by atoms with E-state index in [2.05, 4.69) is 19.2 Å². The van der Waals surface area contributed by atoms with Gasteiger partial charge >= 0.3 is 0 Å². The summed E-state index contributed by atoms with van der Waals surface area (Å²) in [4.78, 5) is 0. The highest BCUT2D eigenvalue weighted by atomic mass is 19.1. The minimum Gasteiger partial charge on any atom is -0.494 e. The van der Waals surface area contributed by atoms with Gasteiger partial charge in [-0.05, 0) is 62.5 Å². The summed E-state index contributed by atoms with van der Waals surface area (Å²) in [5, 5.41) is 3.42. The molecule has 0 unspecified atom stereocenters. The van der Waals surface area contributed by atoms with Crippen LogP contribution in [0.2, 0.25) is 0 Å². The van der Waals surface area contributed by atoms with E-state index in [-0.39, 0.29) is 5.82 Å². The normalized spacial score (nSPS) is 10.9. The van der Waals surface area contributed by atoms with Crippen molar-refractivity contribution in [1.29, 1.82) is 0 Å². The molecule has 3 heteroatoms. The number of halogens is 1. The Morgan fingerprint density at radius 2 is 1.83 bits per heavy atom. The summed E-state index contributed by atoms with van der Waals surface area (Å²) in [6.45, 7) is 7.30. The smallest absolute Gasteiger partial charge is 0.123 e. The van der Waals surface area contributed by atoms with Crippen LogP contribution in [-0.2, 0) is 0 Å². The molecule has 0 atom stereocenters. The van der Waals surface area contributed by atoms with Crippen LogP contribution in [0.15, 0.2) is 24.3 Å². The highest BCUT2D eigenvalue weighted by Crippen LogP contribution is 2.11. The first-order chi connectivity index (χ1) is 8.68. The quantitative estimate of drug-likeness (QED) is 0.679. The van der Waals surface area contributed by atoms with Crippen molar-refractivity contribution in [1.82, 2.24) is 5.32 Å². The maximum atomic E-state index is 12.6. The summed E-state index contributed by atoms with van der Waals surface area (Å²) in [6, 6.07) is 6.18. The van der Waals surface area contributed by atoms with Crippen LogP contribution in [0.5, 0.6) is 5.75 Å². The predicted molar refractivity (Wildman–Crippen MR) is 73.5 cm³/mol. The lowest BCUT2D eigenvalue weighted by atomic mass is 10.2. The molecule has 0 radical (unpaired) electrons. The molecule has 0 heterocycles. The van der Waals surface area contributed by atoms with Crippen molar-refractivity contribution in [3.8, 4) is 5.75 Å². The standard InChI is InChI=1S/C15H24FNO/c1-13(2)12-17-10-4-3-5-11-18-15-8-6-14(16)7-9-15/h6-9,13,17H,3-5,10-12H2,1-2H3. The highest BCUT2D eigenvalue weighted by molar-refractivity contribution is 5.21. The maximum absolute atomic E-state index is 12.6. The van der Waals surface area contributed by atoms with Crippen molar-refractivity contribution in [2.24, 2.45) is 5.92 Å². The number of unbranched alkanes of at least 4 members (excludes halogenated alkanes) is 2. The SMILES string of the molecule is CC(C)CNCCCCCOc1ccc(F)cc1. The first-order valence-electron chi connectivity index (χ1n) is 6.77. The molecule has 1 N–H and O–H groups in total. The topological polar surface area (TPSA) is 21.3 Å². The largest absolute Gasteiger partial charge is 0.494 e. The molecule has 1 rings (SSSR count). The lowest BCUT2D eigenvalue weighted by Crippen LogP contribution is -2.20. The summed E-state index contributed by atoms with van der Waals surface area (Å²) >= 11 is 0. The zero-order valence-electron chi connectivity index (χ0n) is 11.4. The zero-order chi connectivity index (χ0) is 13.2. The molecule has 0 aliphatic rings. The van der Waals surface area contributed by atoms with Crippen molar-refractivity contribution in [3.05, 3.63) is 30.1 Å². The molecule has 1 aromatic carbocycles. The average Bonchev–Trinajstić information content (AvgIpc) is 2.34. The van der Waals surface area contributed by atoms with Crippen LogP contribution < -0.4 is 10.1 Å². The van der Waals surface area contributed by atoms with Gasteiger partial charge in [-0.15, -0.1) is 0 Å². The lowest BCUT2D eigenvalue weighted by Gasteiger charge is -2.08. The van der Waals surface area contributed by atoms with E-state index in [4.69, 9.17) is 4.74 Å².